The van der Waals surface area contributed by atoms with Gasteiger partial charge in [0.05, 0.1) is 18.3 Å². The molecule has 0 atom stereocenters. The molecule has 0 aliphatic heterocycles. The van der Waals surface area contributed by atoms with Crippen LogP contribution in [0.5, 0.6) is 0 Å². The summed E-state index contributed by atoms with van der Waals surface area (Å²) >= 11 is 1.22. The number of aromatic nitrogens is 6. The molecule has 174 valence electrons. The Kier molecular flexibility index (Phi) is 6.92. The number of H-pyrrole nitrogens is 1. The van der Waals surface area contributed by atoms with Crippen LogP contribution in [0, 0.1) is 0 Å². The monoisotopic (exact) mass is 470 g/mol. The number of nitrogens with one attached hydrogen (secondary N) is 1. The summed E-state index contributed by atoms with van der Waals surface area (Å²) in [7, 11) is 0. The molecule has 0 spiro atoms. The first-order valence-electron chi connectivity index (χ1n) is 10.9. The van der Waals surface area contributed by atoms with Gasteiger partial charge in [0.25, 0.3) is 5.56 Å². The molecule has 3 N–H and O–H groups in total. The topological polar surface area (TPSA) is 145 Å². The van der Waals surface area contributed by atoms with E-state index in [4.69, 9.17) is 5.73 Å². The molecule has 0 saturated heterocycles. The number of aromatic amines is 1. The van der Waals surface area contributed by atoms with Crippen LogP contribution in [-0.4, -0.2) is 48.0 Å². The van der Waals surface area contributed by atoms with Gasteiger partial charge in [-0.1, -0.05) is 54.9 Å². The number of thioether (sulfide) groups is 1. The van der Waals surface area contributed by atoms with E-state index in [0.29, 0.717) is 5.16 Å². The number of carbonyl (C=O) groups is 1. The van der Waals surface area contributed by atoms with E-state index in [9.17, 15) is 14.4 Å². The number of benzene rings is 1. The molecule has 12 heteroatoms. The highest BCUT2D eigenvalue weighted by atomic mass is 32.2. The molecular formula is C21H26N8O3S. The number of nitrogen functional groups attached to an aromatic ring is 1. The highest BCUT2D eigenvalue weighted by molar-refractivity contribution is 7.99. The van der Waals surface area contributed by atoms with Crippen LogP contribution < -0.4 is 21.9 Å². The van der Waals surface area contributed by atoms with Crippen molar-refractivity contribution >= 4 is 29.2 Å². The molecule has 2 aromatic heterocycles. The minimum absolute atomic E-state index is 0.0254. The molecular weight excluding hydrogens is 444 g/mol. The summed E-state index contributed by atoms with van der Waals surface area (Å²) < 4.78 is 3.04. The standard InChI is InChI=1S/C21H26N8O3S/c1-2-27(16(30)13-33-21-24-25-26-29(21)15-10-6-7-11-15)17-18(22)28(20(32)23-19(17)31)12-14-8-4-3-5-9-14/h3-5,8-9,15H,2,6-7,10-13,22H2,1H3,(H,23,31,32). The van der Waals surface area contributed by atoms with E-state index >= 15 is 0 Å². The molecule has 1 aliphatic carbocycles. The van der Waals surface area contributed by atoms with Gasteiger partial charge >= 0.3 is 5.69 Å². The van der Waals surface area contributed by atoms with E-state index < -0.39 is 11.2 Å². The van der Waals surface area contributed by atoms with E-state index in [1.807, 2.05) is 30.3 Å². The van der Waals surface area contributed by atoms with Crippen LogP contribution in [0.25, 0.3) is 0 Å². The summed E-state index contributed by atoms with van der Waals surface area (Å²) in [6, 6.07) is 9.52. The van der Waals surface area contributed by atoms with Gasteiger partial charge in [-0.3, -0.25) is 19.1 Å². The lowest BCUT2D eigenvalue weighted by atomic mass is 10.2. The SMILES string of the molecule is CCN(C(=O)CSc1nnnn1C1CCCC1)c1c(N)n(Cc2ccccc2)c(=O)[nH]c1=O. The quantitative estimate of drug-likeness (QED) is 0.470. The summed E-state index contributed by atoms with van der Waals surface area (Å²) in [5.41, 5.74) is 5.74. The number of tetrazole rings is 1. The third-order valence-corrected chi connectivity index (χ3v) is 6.66. The van der Waals surface area contributed by atoms with E-state index in [2.05, 4.69) is 20.5 Å². The van der Waals surface area contributed by atoms with Crippen LogP contribution in [-0.2, 0) is 11.3 Å². The van der Waals surface area contributed by atoms with Crippen molar-refractivity contribution in [1.29, 1.82) is 0 Å². The Balaban J connectivity index is 1.56. The van der Waals surface area contributed by atoms with E-state index in [-0.39, 0.29) is 42.3 Å². The number of nitrogens with two attached hydrogens (primary N) is 1. The van der Waals surface area contributed by atoms with Gasteiger partial charge in [0.1, 0.15) is 5.82 Å². The number of carbonyl (C=O) groups excluding carboxylic acids is 1. The highest BCUT2D eigenvalue weighted by Crippen LogP contribution is 2.31. The number of hydrogen-bond acceptors (Lipinski definition) is 8. The summed E-state index contributed by atoms with van der Waals surface area (Å²) in [6.07, 6.45) is 4.31. The molecule has 1 saturated carbocycles. The molecule has 1 aromatic carbocycles. The molecule has 1 fully saturated rings. The maximum Gasteiger partial charge on any atom is 0.330 e. The minimum Gasteiger partial charge on any atom is -0.383 e. The van der Waals surface area contributed by atoms with Crippen LogP contribution in [0.15, 0.2) is 45.1 Å². The van der Waals surface area contributed by atoms with Crippen LogP contribution in [0.1, 0.15) is 44.2 Å². The first-order valence-corrected chi connectivity index (χ1v) is 11.9. The lowest BCUT2D eigenvalue weighted by molar-refractivity contribution is -0.116. The van der Waals surface area contributed by atoms with Crippen molar-refractivity contribution in [3.05, 3.63) is 56.7 Å². The Hall–Kier alpha value is -3.41. The zero-order valence-corrected chi connectivity index (χ0v) is 19.1. The second kappa shape index (κ2) is 10.0. The zero-order chi connectivity index (χ0) is 23.4. The maximum atomic E-state index is 13.1. The van der Waals surface area contributed by atoms with Gasteiger partial charge in [0.15, 0.2) is 5.69 Å². The number of amides is 1. The van der Waals surface area contributed by atoms with Gasteiger partial charge in [-0.25, -0.2) is 9.48 Å². The lowest BCUT2D eigenvalue weighted by Gasteiger charge is -2.23. The van der Waals surface area contributed by atoms with Crippen molar-refractivity contribution < 1.29 is 4.79 Å². The van der Waals surface area contributed by atoms with Crippen molar-refractivity contribution in [2.75, 3.05) is 22.9 Å². The Morgan fingerprint density at radius 3 is 2.67 bits per heavy atom. The van der Waals surface area contributed by atoms with Crippen molar-refractivity contribution in [3.63, 3.8) is 0 Å². The summed E-state index contributed by atoms with van der Waals surface area (Å²) in [6.45, 7) is 2.13. The molecule has 0 unspecified atom stereocenters. The zero-order valence-electron chi connectivity index (χ0n) is 18.3. The molecule has 11 nitrogen and oxygen atoms in total. The summed E-state index contributed by atoms with van der Waals surface area (Å²) in [5.74, 6) is -0.355. The van der Waals surface area contributed by atoms with E-state index in [1.54, 1.807) is 11.6 Å². The Bertz CT molecular complexity index is 1230. The Morgan fingerprint density at radius 1 is 1.24 bits per heavy atom. The molecule has 0 bridgehead atoms. The molecule has 2 heterocycles. The van der Waals surface area contributed by atoms with Crippen LogP contribution >= 0.6 is 11.8 Å². The molecule has 1 amide bonds. The first-order chi connectivity index (χ1) is 16.0. The van der Waals surface area contributed by atoms with Crippen molar-refractivity contribution in [1.82, 2.24) is 29.8 Å². The fourth-order valence-corrected chi connectivity index (χ4v) is 4.90. The average molecular weight is 471 g/mol. The highest BCUT2D eigenvalue weighted by Gasteiger charge is 2.25. The van der Waals surface area contributed by atoms with Gasteiger partial charge in [-0.15, -0.1) is 5.10 Å². The van der Waals surface area contributed by atoms with E-state index in [1.165, 1.54) is 21.2 Å². The van der Waals surface area contributed by atoms with Gasteiger partial charge in [0, 0.05) is 6.54 Å². The smallest absolute Gasteiger partial charge is 0.330 e. The maximum absolute atomic E-state index is 13.1. The van der Waals surface area contributed by atoms with Gasteiger partial charge in [-0.2, -0.15) is 0 Å². The van der Waals surface area contributed by atoms with Crippen LogP contribution in [0.2, 0.25) is 0 Å². The third-order valence-electron chi connectivity index (χ3n) is 5.74. The second-order valence-electron chi connectivity index (χ2n) is 7.84. The van der Waals surface area contributed by atoms with E-state index in [0.717, 1.165) is 31.2 Å². The molecule has 33 heavy (non-hydrogen) atoms. The fraction of sp³-hybridized carbons (Fsp3) is 0.429. The average Bonchev–Trinajstić information content (AvgIpc) is 3.50. The Morgan fingerprint density at radius 2 is 1.97 bits per heavy atom. The molecule has 3 aromatic rings. The lowest BCUT2D eigenvalue weighted by Crippen LogP contribution is -2.41. The van der Waals surface area contributed by atoms with Crippen LogP contribution in [0.3, 0.4) is 0 Å². The molecule has 1 aliphatic rings. The first kappa shape index (κ1) is 22.8. The van der Waals surface area contributed by atoms with Crippen molar-refractivity contribution in [2.24, 2.45) is 0 Å². The van der Waals surface area contributed by atoms with Crippen molar-refractivity contribution in [3.8, 4) is 0 Å². The minimum atomic E-state index is -0.696. The number of rotatable bonds is 8. The molecule has 0 radical (unpaired) electrons. The number of hydrogen-bond donors (Lipinski definition) is 2. The predicted molar refractivity (Wildman–Crippen MR) is 125 cm³/mol. The number of anilines is 2. The third kappa shape index (κ3) is 4.85. The predicted octanol–water partition coefficient (Wildman–Crippen LogP) is 1.41. The largest absolute Gasteiger partial charge is 0.383 e. The van der Waals surface area contributed by atoms with Crippen LogP contribution in [0.4, 0.5) is 11.5 Å². The molecule has 4 rings (SSSR count). The normalized spacial score (nSPS) is 14.0. The summed E-state index contributed by atoms with van der Waals surface area (Å²) in [5, 5.41) is 12.5. The second-order valence-corrected chi connectivity index (χ2v) is 8.78. The fourth-order valence-electron chi connectivity index (χ4n) is 4.08. The van der Waals surface area contributed by atoms with Gasteiger partial charge in [0.2, 0.25) is 11.1 Å². The van der Waals surface area contributed by atoms with Gasteiger partial charge in [-0.05, 0) is 35.8 Å². The number of nitrogens with zero attached hydrogens (tertiary/aromatic N) is 6. The Labute approximate surface area is 194 Å². The van der Waals surface area contributed by atoms with Crippen molar-refractivity contribution in [2.45, 2.75) is 50.4 Å². The van der Waals surface area contributed by atoms with Gasteiger partial charge < -0.3 is 10.6 Å². The summed E-state index contributed by atoms with van der Waals surface area (Å²) in [4.78, 5) is 41.8.